The van der Waals surface area contributed by atoms with Crippen molar-refractivity contribution in [1.82, 2.24) is 4.98 Å². The minimum Gasteiger partial charge on any atom is -0.473 e. The van der Waals surface area contributed by atoms with Crippen LogP contribution in [0, 0.1) is 0 Å². The molecule has 0 aromatic carbocycles. The first-order chi connectivity index (χ1) is 7.70. The van der Waals surface area contributed by atoms with Crippen molar-refractivity contribution in [2.24, 2.45) is 0 Å². The van der Waals surface area contributed by atoms with E-state index in [0.29, 0.717) is 21.7 Å². The number of nitrogens with one attached hydrogen (secondary N) is 1. The van der Waals surface area contributed by atoms with E-state index in [9.17, 15) is 0 Å². The molecule has 1 fully saturated rings. The molecule has 0 radical (unpaired) electrons. The lowest BCUT2D eigenvalue weighted by Crippen LogP contribution is -2.12. The maximum absolute atomic E-state index is 6.04. The lowest BCUT2D eigenvalue weighted by molar-refractivity contribution is 0.202. The Labute approximate surface area is 105 Å². The molecule has 1 aromatic rings. The molecule has 0 bridgehead atoms. The Kier molecular flexibility index (Phi) is 3.77. The van der Waals surface area contributed by atoms with Crippen molar-refractivity contribution >= 4 is 29.0 Å². The summed E-state index contributed by atoms with van der Waals surface area (Å²) in [7, 11) is 1.77. The molecule has 16 heavy (non-hydrogen) atoms. The lowest BCUT2D eigenvalue weighted by atomic mass is 10.3. The van der Waals surface area contributed by atoms with Crippen LogP contribution in [-0.4, -0.2) is 18.1 Å². The van der Waals surface area contributed by atoms with Crippen LogP contribution in [0.4, 0.5) is 5.82 Å². The molecule has 1 N–H and O–H groups in total. The third-order valence-corrected chi connectivity index (χ3v) is 3.27. The molecule has 88 valence electrons. The van der Waals surface area contributed by atoms with Crippen molar-refractivity contribution in [1.29, 1.82) is 0 Å². The van der Waals surface area contributed by atoms with Crippen LogP contribution in [0.2, 0.25) is 10.0 Å². The van der Waals surface area contributed by atoms with Crippen molar-refractivity contribution < 1.29 is 4.74 Å². The quantitative estimate of drug-likeness (QED) is 0.899. The third-order valence-electron chi connectivity index (χ3n) is 2.71. The molecular formula is C11H14Cl2N2O. The zero-order chi connectivity index (χ0) is 11.5. The molecule has 0 unspecified atom stereocenters. The Bertz CT molecular complexity index is 378. The number of hydrogen-bond donors (Lipinski definition) is 1. The van der Waals surface area contributed by atoms with E-state index in [2.05, 4.69) is 10.3 Å². The van der Waals surface area contributed by atoms with Gasteiger partial charge in [-0.3, -0.25) is 0 Å². The standard InChI is InChI=1S/C11H14Cl2N2O/c1-14-10-8(12)6-9(13)11(15-10)16-7-4-2-3-5-7/h6-7H,2-5H2,1H3,(H,14,15). The molecule has 0 aliphatic heterocycles. The van der Waals surface area contributed by atoms with Gasteiger partial charge in [-0.2, -0.15) is 4.98 Å². The maximum Gasteiger partial charge on any atom is 0.234 e. The molecular weight excluding hydrogens is 247 g/mol. The first kappa shape index (κ1) is 11.8. The van der Waals surface area contributed by atoms with E-state index in [1.165, 1.54) is 12.8 Å². The van der Waals surface area contributed by atoms with Gasteiger partial charge < -0.3 is 10.1 Å². The van der Waals surface area contributed by atoms with Crippen LogP contribution < -0.4 is 10.1 Å². The minimum atomic E-state index is 0.246. The normalized spacial score (nSPS) is 16.4. The van der Waals surface area contributed by atoms with Crippen LogP contribution >= 0.6 is 23.2 Å². The van der Waals surface area contributed by atoms with Crippen LogP contribution in [0.3, 0.4) is 0 Å². The van der Waals surface area contributed by atoms with E-state index >= 15 is 0 Å². The molecule has 1 aromatic heterocycles. The highest BCUT2D eigenvalue weighted by molar-refractivity contribution is 6.36. The fourth-order valence-electron chi connectivity index (χ4n) is 1.87. The molecule has 1 aliphatic rings. The summed E-state index contributed by atoms with van der Waals surface area (Å²) < 4.78 is 5.76. The zero-order valence-corrected chi connectivity index (χ0v) is 10.6. The van der Waals surface area contributed by atoms with Crippen LogP contribution in [0.15, 0.2) is 6.07 Å². The number of rotatable bonds is 3. The second-order valence-corrected chi connectivity index (χ2v) is 4.69. The van der Waals surface area contributed by atoms with Crippen LogP contribution in [0.1, 0.15) is 25.7 Å². The molecule has 0 spiro atoms. The van der Waals surface area contributed by atoms with E-state index in [-0.39, 0.29) is 6.10 Å². The van der Waals surface area contributed by atoms with Crippen molar-refractivity contribution in [3.05, 3.63) is 16.1 Å². The smallest absolute Gasteiger partial charge is 0.234 e. The second kappa shape index (κ2) is 5.11. The van der Waals surface area contributed by atoms with Gasteiger partial charge in [0.25, 0.3) is 0 Å². The van der Waals surface area contributed by atoms with Crippen molar-refractivity contribution in [3.63, 3.8) is 0 Å². The van der Waals surface area contributed by atoms with Crippen molar-refractivity contribution in [2.75, 3.05) is 12.4 Å². The summed E-state index contributed by atoms with van der Waals surface area (Å²) in [5, 5.41) is 3.88. The largest absolute Gasteiger partial charge is 0.473 e. The van der Waals surface area contributed by atoms with E-state index in [1.807, 2.05) is 0 Å². The lowest BCUT2D eigenvalue weighted by Gasteiger charge is -2.14. The first-order valence-corrected chi connectivity index (χ1v) is 6.16. The average Bonchev–Trinajstić information content (AvgIpc) is 2.75. The monoisotopic (exact) mass is 260 g/mol. The Morgan fingerprint density at radius 3 is 2.62 bits per heavy atom. The molecule has 3 nitrogen and oxygen atoms in total. The van der Waals surface area contributed by atoms with Crippen molar-refractivity contribution in [2.45, 2.75) is 31.8 Å². The first-order valence-electron chi connectivity index (χ1n) is 5.41. The van der Waals surface area contributed by atoms with E-state index < -0.39 is 0 Å². The van der Waals surface area contributed by atoms with Gasteiger partial charge in [0.2, 0.25) is 5.88 Å². The van der Waals surface area contributed by atoms with Crippen LogP contribution in [0.5, 0.6) is 5.88 Å². The summed E-state index contributed by atoms with van der Waals surface area (Å²) in [6, 6.07) is 1.66. The van der Waals surface area contributed by atoms with Gasteiger partial charge in [0.15, 0.2) is 0 Å². The summed E-state index contributed by atoms with van der Waals surface area (Å²) in [4.78, 5) is 4.26. The molecule has 1 saturated carbocycles. The third kappa shape index (κ3) is 2.53. The summed E-state index contributed by atoms with van der Waals surface area (Å²) >= 11 is 12.0. The molecule has 0 saturated heterocycles. The number of aromatic nitrogens is 1. The minimum absolute atomic E-state index is 0.246. The van der Waals surface area contributed by atoms with Gasteiger partial charge in [0.05, 0.1) is 5.02 Å². The highest BCUT2D eigenvalue weighted by Crippen LogP contribution is 2.33. The fourth-order valence-corrected chi connectivity index (χ4v) is 2.37. The SMILES string of the molecule is CNc1nc(OC2CCCC2)c(Cl)cc1Cl. The molecule has 0 atom stereocenters. The number of ether oxygens (including phenoxy) is 1. The average molecular weight is 261 g/mol. The van der Waals surface area contributed by atoms with E-state index in [4.69, 9.17) is 27.9 Å². The van der Waals surface area contributed by atoms with Crippen LogP contribution in [-0.2, 0) is 0 Å². The van der Waals surface area contributed by atoms with Crippen molar-refractivity contribution in [3.8, 4) is 5.88 Å². The predicted molar refractivity (Wildman–Crippen MR) is 66.7 cm³/mol. The number of pyridine rings is 1. The maximum atomic E-state index is 6.04. The Balaban J connectivity index is 2.18. The predicted octanol–water partition coefficient (Wildman–Crippen LogP) is 3.75. The number of anilines is 1. The number of nitrogens with zero attached hydrogens (tertiary/aromatic N) is 1. The summed E-state index contributed by atoms with van der Waals surface area (Å²) in [6.45, 7) is 0. The fraction of sp³-hybridized carbons (Fsp3) is 0.545. The number of hydrogen-bond acceptors (Lipinski definition) is 3. The van der Waals surface area contributed by atoms with Gasteiger partial charge in [-0.05, 0) is 31.7 Å². The second-order valence-electron chi connectivity index (χ2n) is 3.88. The summed E-state index contributed by atoms with van der Waals surface area (Å²) in [5.41, 5.74) is 0. The Morgan fingerprint density at radius 1 is 1.31 bits per heavy atom. The van der Waals surface area contributed by atoms with Gasteiger partial charge in [-0.25, -0.2) is 0 Å². The van der Waals surface area contributed by atoms with E-state index in [1.54, 1.807) is 13.1 Å². The Hall–Kier alpha value is -0.670. The van der Waals surface area contributed by atoms with Gasteiger partial charge in [-0.15, -0.1) is 0 Å². The zero-order valence-electron chi connectivity index (χ0n) is 9.09. The highest BCUT2D eigenvalue weighted by Gasteiger charge is 2.19. The highest BCUT2D eigenvalue weighted by atomic mass is 35.5. The molecule has 5 heteroatoms. The van der Waals surface area contributed by atoms with Gasteiger partial charge in [-0.1, -0.05) is 23.2 Å². The molecule has 2 rings (SSSR count). The van der Waals surface area contributed by atoms with Crippen LogP contribution in [0.25, 0.3) is 0 Å². The Morgan fingerprint density at radius 2 is 2.00 bits per heavy atom. The molecule has 0 amide bonds. The van der Waals surface area contributed by atoms with Gasteiger partial charge in [0, 0.05) is 7.05 Å². The van der Waals surface area contributed by atoms with Gasteiger partial charge in [0.1, 0.15) is 16.9 Å². The van der Waals surface area contributed by atoms with Gasteiger partial charge >= 0.3 is 0 Å². The van der Waals surface area contributed by atoms with E-state index in [0.717, 1.165) is 12.8 Å². The summed E-state index contributed by atoms with van der Waals surface area (Å²) in [6.07, 6.45) is 4.84. The molecule has 1 heterocycles. The molecule has 1 aliphatic carbocycles. The topological polar surface area (TPSA) is 34.2 Å². The summed E-state index contributed by atoms with van der Waals surface area (Å²) in [5.74, 6) is 1.07. The number of halogens is 2.